The Balaban J connectivity index is 2.20. The van der Waals surface area contributed by atoms with Crippen LogP contribution in [0.15, 0.2) is 12.4 Å². The average Bonchev–Trinajstić information content (AvgIpc) is 2.46. The van der Waals surface area contributed by atoms with Gasteiger partial charge < -0.3 is 9.30 Å². The number of aryl methyl sites for hydroxylation is 1. The van der Waals surface area contributed by atoms with E-state index in [-0.39, 0.29) is 0 Å². The Labute approximate surface area is 73.4 Å². The Hall–Kier alpha value is -0.830. The van der Waals surface area contributed by atoms with E-state index < -0.39 is 0 Å². The summed E-state index contributed by atoms with van der Waals surface area (Å²) in [4.78, 5) is 4.15. The van der Waals surface area contributed by atoms with Crippen LogP contribution in [0.25, 0.3) is 0 Å². The summed E-state index contributed by atoms with van der Waals surface area (Å²) in [5.41, 5.74) is 0. The van der Waals surface area contributed by atoms with Crippen molar-refractivity contribution in [2.24, 2.45) is 7.05 Å². The van der Waals surface area contributed by atoms with Crippen LogP contribution >= 0.6 is 0 Å². The van der Waals surface area contributed by atoms with Crippen molar-refractivity contribution in [1.82, 2.24) is 9.55 Å². The lowest BCUT2D eigenvalue weighted by molar-refractivity contribution is 0.111. The highest BCUT2D eigenvalue weighted by Gasteiger charge is 1.97. The zero-order chi connectivity index (χ0) is 8.81. The molecule has 0 saturated carbocycles. The number of hydrogen-bond donors (Lipinski definition) is 0. The van der Waals surface area contributed by atoms with Gasteiger partial charge in [0.15, 0.2) is 0 Å². The number of nitrogens with zero attached hydrogens (tertiary/aromatic N) is 2. The Morgan fingerprint density at radius 2 is 2.42 bits per heavy atom. The predicted molar refractivity (Wildman–Crippen MR) is 47.8 cm³/mol. The maximum atomic E-state index is 5.42. The molecule has 1 aromatic heterocycles. The van der Waals surface area contributed by atoms with Crippen LogP contribution in [0.5, 0.6) is 0 Å². The summed E-state index contributed by atoms with van der Waals surface area (Å²) in [5.74, 6) is 0.992. The van der Waals surface area contributed by atoms with Crippen LogP contribution in [0.4, 0.5) is 0 Å². The highest BCUT2D eigenvalue weighted by molar-refractivity contribution is 4.88. The van der Waals surface area contributed by atoms with Crippen molar-refractivity contribution in [2.75, 3.05) is 6.61 Å². The maximum Gasteiger partial charge on any atom is 0.134 e. The molecular weight excluding hydrogens is 152 g/mol. The quantitative estimate of drug-likeness (QED) is 0.626. The monoisotopic (exact) mass is 168 g/mol. The number of hydrogen-bond acceptors (Lipinski definition) is 2. The normalized spacial score (nSPS) is 10.5. The summed E-state index contributed by atoms with van der Waals surface area (Å²) >= 11 is 0. The summed E-state index contributed by atoms with van der Waals surface area (Å²) in [7, 11) is 1.98. The highest BCUT2D eigenvalue weighted by atomic mass is 16.5. The van der Waals surface area contributed by atoms with Gasteiger partial charge in [-0.3, -0.25) is 0 Å². The second-order valence-electron chi connectivity index (χ2n) is 2.86. The molecule has 68 valence electrons. The maximum absolute atomic E-state index is 5.42. The van der Waals surface area contributed by atoms with Crippen molar-refractivity contribution in [2.45, 2.75) is 26.4 Å². The van der Waals surface area contributed by atoms with E-state index in [2.05, 4.69) is 11.9 Å². The van der Waals surface area contributed by atoms with Gasteiger partial charge in [0.25, 0.3) is 0 Å². The number of rotatable bonds is 5. The van der Waals surface area contributed by atoms with E-state index in [1.165, 1.54) is 6.42 Å². The van der Waals surface area contributed by atoms with E-state index in [0.717, 1.165) is 18.9 Å². The first kappa shape index (κ1) is 9.26. The molecule has 1 rings (SSSR count). The lowest BCUT2D eigenvalue weighted by Crippen LogP contribution is -2.01. The van der Waals surface area contributed by atoms with E-state index in [0.29, 0.717) is 6.61 Å². The summed E-state index contributed by atoms with van der Waals surface area (Å²) in [6.07, 6.45) is 6.03. The Morgan fingerprint density at radius 1 is 1.58 bits per heavy atom. The summed E-state index contributed by atoms with van der Waals surface area (Å²) in [6.45, 7) is 3.62. The van der Waals surface area contributed by atoms with Crippen LogP contribution in [0.2, 0.25) is 0 Å². The summed E-state index contributed by atoms with van der Waals surface area (Å²) in [5, 5.41) is 0. The molecule has 0 atom stereocenters. The molecular formula is C9H16N2O. The van der Waals surface area contributed by atoms with Crippen LogP contribution in [0, 0.1) is 0 Å². The molecule has 0 aliphatic heterocycles. The van der Waals surface area contributed by atoms with Gasteiger partial charge in [-0.2, -0.15) is 0 Å². The minimum atomic E-state index is 0.628. The molecule has 0 aromatic carbocycles. The average molecular weight is 168 g/mol. The van der Waals surface area contributed by atoms with E-state index in [1.54, 1.807) is 6.20 Å². The van der Waals surface area contributed by atoms with Crippen LogP contribution in [-0.2, 0) is 18.4 Å². The molecule has 0 unspecified atom stereocenters. The zero-order valence-electron chi connectivity index (χ0n) is 7.79. The van der Waals surface area contributed by atoms with Gasteiger partial charge in [0.05, 0.1) is 0 Å². The molecule has 1 heterocycles. The first-order chi connectivity index (χ1) is 5.84. The molecule has 3 nitrogen and oxygen atoms in total. The minimum absolute atomic E-state index is 0.628. The van der Waals surface area contributed by atoms with Crippen molar-refractivity contribution in [1.29, 1.82) is 0 Å². The fourth-order valence-corrected chi connectivity index (χ4v) is 0.945. The molecule has 0 spiro atoms. The third-order valence-corrected chi connectivity index (χ3v) is 1.79. The largest absolute Gasteiger partial charge is 0.374 e. The predicted octanol–water partition coefficient (Wildman–Crippen LogP) is 1.74. The third-order valence-electron chi connectivity index (χ3n) is 1.79. The molecule has 0 amide bonds. The van der Waals surface area contributed by atoms with Crippen LogP contribution in [-0.4, -0.2) is 16.2 Å². The van der Waals surface area contributed by atoms with E-state index in [9.17, 15) is 0 Å². The second kappa shape index (κ2) is 4.93. The third kappa shape index (κ3) is 2.66. The molecule has 3 heteroatoms. The van der Waals surface area contributed by atoms with Crippen molar-refractivity contribution < 1.29 is 4.74 Å². The molecule has 0 N–H and O–H groups in total. The molecule has 0 aliphatic carbocycles. The lowest BCUT2D eigenvalue weighted by Gasteiger charge is -2.02. The molecule has 1 aromatic rings. The van der Waals surface area contributed by atoms with Crippen LogP contribution < -0.4 is 0 Å². The van der Waals surface area contributed by atoms with Crippen molar-refractivity contribution in [3.8, 4) is 0 Å². The highest BCUT2D eigenvalue weighted by Crippen LogP contribution is 1.97. The van der Waals surface area contributed by atoms with Gasteiger partial charge in [0.1, 0.15) is 12.4 Å². The molecule has 0 radical (unpaired) electrons. The zero-order valence-corrected chi connectivity index (χ0v) is 7.79. The fourth-order valence-electron chi connectivity index (χ4n) is 0.945. The van der Waals surface area contributed by atoms with Crippen LogP contribution in [0.1, 0.15) is 25.6 Å². The van der Waals surface area contributed by atoms with Gasteiger partial charge >= 0.3 is 0 Å². The number of imidazole rings is 1. The van der Waals surface area contributed by atoms with Crippen molar-refractivity contribution >= 4 is 0 Å². The van der Waals surface area contributed by atoms with Gasteiger partial charge in [0.2, 0.25) is 0 Å². The standard InChI is InChI=1S/C9H16N2O/c1-3-4-7-12-8-9-10-5-6-11(9)2/h5-6H,3-4,7-8H2,1-2H3. The van der Waals surface area contributed by atoms with Gasteiger partial charge in [-0.15, -0.1) is 0 Å². The number of ether oxygens (including phenoxy) is 1. The van der Waals surface area contributed by atoms with Gasteiger partial charge in [0, 0.05) is 26.0 Å². The minimum Gasteiger partial charge on any atom is -0.374 e. The Morgan fingerprint density at radius 3 is 3.00 bits per heavy atom. The Bertz CT molecular complexity index is 220. The van der Waals surface area contributed by atoms with E-state index >= 15 is 0 Å². The number of unbranched alkanes of at least 4 members (excludes halogenated alkanes) is 1. The lowest BCUT2D eigenvalue weighted by atomic mass is 10.4. The van der Waals surface area contributed by atoms with Crippen LogP contribution in [0.3, 0.4) is 0 Å². The fraction of sp³-hybridized carbons (Fsp3) is 0.667. The van der Waals surface area contributed by atoms with Gasteiger partial charge in [-0.05, 0) is 6.42 Å². The first-order valence-electron chi connectivity index (χ1n) is 4.38. The first-order valence-corrected chi connectivity index (χ1v) is 4.38. The van der Waals surface area contributed by atoms with Crippen molar-refractivity contribution in [3.05, 3.63) is 18.2 Å². The van der Waals surface area contributed by atoms with Gasteiger partial charge in [-0.25, -0.2) is 4.98 Å². The topological polar surface area (TPSA) is 27.1 Å². The SMILES string of the molecule is CCCCOCc1nccn1C. The Kier molecular flexibility index (Phi) is 3.80. The second-order valence-corrected chi connectivity index (χ2v) is 2.86. The summed E-state index contributed by atoms with van der Waals surface area (Å²) in [6, 6.07) is 0. The molecule has 0 aliphatic rings. The molecule has 12 heavy (non-hydrogen) atoms. The molecule has 0 bridgehead atoms. The van der Waals surface area contributed by atoms with E-state index in [1.807, 2.05) is 17.8 Å². The smallest absolute Gasteiger partial charge is 0.134 e. The molecule has 0 fully saturated rings. The number of aromatic nitrogens is 2. The van der Waals surface area contributed by atoms with Gasteiger partial charge in [-0.1, -0.05) is 13.3 Å². The summed E-state index contributed by atoms with van der Waals surface area (Å²) < 4.78 is 7.39. The van der Waals surface area contributed by atoms with E-state index in [4.69, 9.17) is 4.74 Å². The molecule has 0 saturated heterocycles. The van der Waals surface area contributed by atoms with Crippen molar-refractivity contribution in [3.63, 3.8) is 0 Å².